The largest absolute Gasteiger partial charge is 0.368 e. The Labute approximate surface area is 163 Å². The number of hydrogen-bond acceptors (Lipinski definition) is 6. The summed E-state index contributed by atoms with van der Waals surface area (Å²) < 4.78 is 0. The van der Waals surface area contributed by atoms with Gasteiger partial charge in [0.1, 0.15) is 5.69 Å². The van der Waals surface area contributed by atoms with E-state index in [0.717, 1.165) is 42.4 Å². The molecule has 27 heavy (non-hydrogen) atoms. The Morgan fingerprint density at radius 1 is 1.00 bits per heavy atom. The van der Waals surface area contributed by atoms with Gasteiger partial charge < -0.3 is 9.80 Å². The Bertz CT molecular complexity index is 883. The van der Waals surface area contributed by atoms with Crippen molar-refractivity contribution in [1.82, 2.24) is 9.97 Å². The molecule has 1 saturated heterocycles. The van der Waals surface area contributed by atoms with Crippen molar-refractivity contribution in [1.29, 1.82) is 0 Å². The van der Waals surface area contributed by atoms with Crippen LogP contribution in [0.5, 0.6) is 0 Å². The van der Waals surface area contributed by atoms with E-state index in [0.29, 0.717) is 12.1 Å². The molecule has 2 aromatic heterocycles. The summed E-state index contributed by atoms with van der Waals surface area (Å²) in [5, 5.41) is 3.13. The van der Waals surface area contributed by atoms with Crippen LogP contribution < -0.4 is 9.80 Å². The number of carbonyl (C=O) groups is 1. The van der Waals surface area contributed by atoms with E-state index in [1.54, 1.807) is 23.6 Å². The van der Waals surface area contributed by atoms with Crippen molar-refractivity contribution in [3.63, 3.8) is 0 Å². The number of aryl methyl sites for hydroxylation is 1. The summed E-state index contributed by atoms with van der Waals surface area (Å²) in [4.78, 5) is 25.7. The first-order valence-corrected chi connectivity index (χ1v) is 10.0. The first-order chi connectivity index (χ1) is 13.2. The highest BCUT2D eigenvalue weighted by Crippen LogP contribution is 2.22. The zero-order valence-corrected chi connectivity index (χ0v) is 16.2. The van der Waals surface area contributed by atoms with Crippen molar-refractivity contribution >= 4 is 27.9 Å². The predicted molar refractivity (Wildman–Crippen MR) is 110 cm³/mol. The second kappa shape index (κ2) is 7.88. The fourth-order valence-electron chi connectivity index (χ4n) is 3.26. The standard InChI is InChI=1S/C21H22N4OS/c1-16-2-7-19(23-15-16)20(26)14-17-3-5-18(6-4-17)24-9-11-25(12-10-24)21-22-8-13-27-21/h2-8,13,15H,9-12,14H2,1H3. The van der Waals surface area contributed by atoms with Crippen LogP contribution in [0.1, 0.15) is 21.6 Å². The van der Waals surface area contributed by atoms with Crippen LogP contribution in [0.2, 0.25) is 0 Å². The van der Waals surface area contributed by atoms with Gasteiger partial charge >= 0.3 is 0 Å². The van der Waals surface area contributed by atoms with E-state index in [4.69, 9.17) is 0 Å². The van der Waals surface area contributed by atoms with Crippen molar-refractivity contribution < 1.29 is 4.79 Å². The molecule has 0 aliphatic carbocycles. The molecule has 0 spiro atoms. The summed E-state index contributed by atoms with van der Waals surface area (Å²) in [5.74, 6) is 0.0554. The third-order valence-corrected chi connectivity index (χ3v) is 5.66. The van der Waals surface area contributed by atoms with Gasteiger partial charge in [0.05, 0.1) is 0 Å². The maximum Gasteiger partial charge on any atom is 0.185 e. The SMILES string of the molecule is Cc1ccc(C(=O)Cc2ccc(N3CCN(c4nccs4)CC3)cc2)nc1. The molecule has 0 N–H and O–H groups in total. The Kier molecular flexibility index (Phi) is 5.16. The molecule has 1 aliphatic rings. The number of ketones is 1. The minimum absolute atomic E-state index is 0.0554. The van der Waals surface area contributed by atoms with E-state index in [2.05, 4.69) is 44.0 Å². The summed E-state index contributed by atoms with van der Waals surface area (Å²) in [6, 6.07) is 12.1. The first kappa shape index (κ1) is 17.7. The van der Waals surface area contributed by atoms with Crippen LogP contribution in [-0.4, -0.2) is 41.9 Å². The van der Waals surface area contributed by atoms with Crippen molar-refractivity contribution in [3.05, 3.63) is 71.0 Å². The van der Waals surface area contributed by atoms with E-state index >= 15 is 0 Å². The predicted octanol–water partition coefficient (Wildman–Crippen LogP) is 3.60. The number of carbonyl (C=O) groups excluding carboxylic acids is 1. The Hall–Kier alpha value is -2.73. The molecule has 6 heteroatoms. The number of Topliss-reactive ketones (excluding diaryl/α,β-unsaturated/α-hetero) is 1. The highest BCUT2D eigenvalue weighted by molar-refractivity contribution is 7.13. The summed E-state index contributed by atoms with van der Waals surface area (Å²) in [5.41, 5.74) is 3.82. The molecule has 5 nitrogen and oxygen atoms in total. The molecule has 1 aliphatic heterocycles. The number of anilines is 2. The Morgan fingerprint density at radius 3 is 2.37 bits per heavy atom. The molecule has 0 bridgehead atoms. The van der Waals surface area contributed by atoms with Gasteiger partial charge in [-0.05, 0) is 36.2 Å². The van der Waals surface area contributed by atoms with Gasteiger partial charge in [-0.2, -0.15) is 0 Å². The van der Waals surface area contributed by atoms with Gasteiger partial charge in [0.15, 0.2) is 10.9 Å². The van der Waals surface area contributed by atoms with Crippen LogP contribution >= 0.6 is 11.3 Å². The molecule has 0 radical (unpaired) electrons. The third-order valence-electron chi connectivity index (χ3n) is 4.83. The molecule has 0 unspecified atom stereocenters. The highest BCUT2D eigenvalue weighted by atomic mass is 32.1. The Balaban J connectivity index is 1.35. The second-order valence-electron chi connectivity index (χ2n) is 6.78. The average molecular weight is 379 g/mol. The van der Waals surface area contributed by atoms with Gasteiger partial charge in [0.25, 0.3) is 0 Å². The molecule has 4 rings (SSSR count). The van der Waals surface area contributed by atoms with Crippen molar-refractivity contribution in [2.45, 2.75) is 13.3 Å². The number of piperazine rings is 1. The number of thiazole rings is 1. The van der Waals surface area contributed by atoms with E-state index in [1.165, 1.54) is 5.69 Å². The normalized spacial score (nSPS) is 14.4. The summed E-state index contributed by atoms with van der Waals surface area (Å²) >= 11 is 1.69. The fourth-order valence-corrected chi connectivity index (χ4v) is 3.96. The van der Waals surface area contributed by atoms with Gasteiger partial charge in [0, 0.05) is 56.1 Å². The monoisotopic (exact) mass is 378 g/mol. The third kappa shape index (κ3) is 4.17. The summed E-state index contributed by atoms with van der Waals surface area (Å²) in [7, 11) is 0. The zero-order chi connectivity index (χ0) is 18.6. The second-order valence-corrected chi connectivity index (χ2v) is 7.65. The van der Waals surface area contributed by atoms with Crippen LogP contribution in [0, 0.1) is 6.92 Å². The minimum Gasteiger partial charge on any atom is -0.368 e. The molecule has 3 heterocycles. The Morgan fingerprint density at radius 2 is 1.74 bits per heavy atom. The molecule has 0 saturated carbocycles. The van der Waals surface area contributed by atoms with E-state index in [1.807, 2.05) is 24.6 Å². The van der Waals surface area contributed by atoms with E-state index in [9.17, 15) is 4.79 Å². The number of pyridine rings is 1. The number of rotatable bonds is 5. The smallest absolute Gasteiger partial charge is 0.185 e. The van der Waals surface area contributed by atoms with Crippen LogP contribution in [0.15, 0.2) is 54.2 Å². The molecule has 138 valence electrons. The lowest BCUT2D eigenvalue weighted by molar-refractivity contribution is 0.0988. The molecule has 0 amide bonds. The van der Waals surface area contributed by atoms with Crippen LogP contribution in [0.3, 0.4) is 0 Å². The van der Waals surface area contributed by atoms with Crippen LogP contribution in [0.25, 0.3) is 0 Å². The number of aromatic nitrogens is 2. The van der Waals surface area contributed by atoms with Gasteiger partial charge in [-0.25, -0.2) is 4.98 Å². The van der Waals surface area contributed by atoms with Crippen LogP contribution in [0.4, 0.5) is 10.8 Å². The topological polar surface area (TPSA) is 49.3 Å². The maximum atomic E-state index is 12.4. The average Bonchev–Trinajstić information content (AvgIpc) is 3.24. The summed E-state index contributed by atoms with van der Waals surface area (Å²) in [6.07, 6.45) is 3.98. The molecule has 1 aromatic carbocycles. The molecule has 3 aromatic rings. The zero-order valence-electron chi connectivity index (χ0n) is 15.3. The molecular formula is C21H22N4OS. The van der Waals surface area contributed by atoms with Crippen molar-refractivity contribution in [2.24, 2.45) is 0 Å². The van der Waals surface area contributed by atoms with Gasteiger partial charge in [-0.3, -0.25) is 9.78 Å². The maximum absolute atomic E-state index is 12.4. The fraction of sp³-hybridized carbons (Fsp3) is 0.286. The molecule has 0 atom stereocenters. The number of benzene rings is 1. The quantitative estimate of drug-likeness (QED) is 0.635. The first-order valence-electron chi connectivity index (χ1n) is 9.13. The van der Waals surface area contributed by atoms with Crippen molar-refractivity contribution in [2.75, 3.05) is 36.0 Å². The lowest BCUT2D eigenvalue weighted by Crippen LogP contribution is -2.46. The lowest BCUT2D eigenvalue weighted by atomic mass is 10.1. The van der Waals surface area contributed by atoms with E-state index < -0.39 is 0 Å². The molecule has 1 fully saturated rings. The van der Waals surface area contributed by atoms with Gasteiger partial charge in [0.2, 0.25) is 0 Å². The van der Waals surface area contributed by atoms with Crippen LogP contribution in [-0.2, 0) is 6.42 Å². The lowest BCUT2D eigenvalue weighted by Gasteiger charge is -2.36. The minimum atomic E-state index is 0.0554. The summed E-state index contributed by atoms with van der Waals surface area (Å²) in [6.45, 7) is 5.88. The van der Waals surface area contributed by atoms with Crippen molar-refractivity contribution in [3.8, 4) is 0 Å². The molecular weight excluding hydrogens is 356 g/mol. The van der Waals surface area contributed by atoms with Gasteiger partial charge in [-0.15, -0.1) is 11.3 Å². The highest BCUT2D eigenvalue weighted by Gasteiger charge is 2.19. The van der Waals surface area contributed by atoms with Gasteiger partial charge in [-0.1, -0.05) is 18.2 Å². The van der Waals surface area contributed by atoms with E-state index in [-0.39, 0.29) is 5.78 Å². The number of hydrogen-bond donors (Lipinski definition) is 0. The number of nitrogens with zero attached hydrogens (tertiary/aromatic N) is 4.